The smallest absolute Gasteiger partial charge is 0.256 e. The molecule has 0 aliphatic rings. The molecule has 144 valence electrons. The normalized spacial score (nSPS) is 10.9. The van der Waals surface area contributed by atoms with Crippen LogP contribution >= 0.6 is 39.1 Å². The molecule has 1 amide bonds. The van der Waals surface area contributed by atoms with Crippen molar-refractivity contribution in [3.8, 4) is 11.3 Å². The summed E-state index contributed by atoms with van der Waals surface area (Å²) in [4.78, 5) is 17.6. The second kappa shape index (κ2) is 8.11. The maximum absolute atomic E-state index is 14.2. The maximum atomic E-state index is 14.2. The number of carbonyl (C=O) groups excluding carboxylic acids is 1. The molecule has 4 aromatic rings. The van der Waals surface area contributed by atoms with Gasteiger partial charge in [0.05, 0.1) is 27.5 Å². The van der Waals surface area contributed by atoms with Crippen molar-refractivity contribution >= 4 is 61.6 Å². The molecule has 0 saturated heterocycles. The van der Waals surface area contributed by atoms with Crippen molar-refractivity contribution in [2.24, 2.45) is 0 Å². The van der Waals surface area contributed by atoms with E-state index in [1.165, 1.54) is 12.1 Å². The number of nitrogens with zero attached hydrogens (tertiary/aromatic N) is 1. The number of benzene rings is 3. The molecule has 3 aromatic carbocycles. The Bertz CT molecular complexity index is 1260. The van der Waals surface area contributed by atoms with Gasteiger partial charge in [-0.1, -0.05) is 57.3 Å². The highest BCUT2D eigenvalue weighted by molar-refractivity contribution is 9.10. The lowest BCUT2D eigenvalue weighted by Crippen LogP contribution is -2.14. The third-order valence-electron chi connectivity index (χ3n) is 4.35. The molecule has 0 atom stereocenters. The predicted molar refractivity (Wildman–Crippen MR) is 119 cm³/mol. The van der Waals surface area contributed by atoms with Gasteiger partial charge in [-0.05, 0) is 48.5 Å². The molecule has 1 N–H and O–H groups in total. The molecular formula is C22H12BrCl2FN2O. The Kier molecular flexibility index (Phi) is 5.54. The summed E-state index contributed by atoms with van der Waals surface area (Å²) in [6.45, 7) is 0. The first-order valence-corrected chi connectivity index (χ1v) is 10.1. The van der Waals surface area contributed by atoms with Crippen molar-refractivity contribution in [2.45, 2.75) is 0 Å². The van der Waals surface area contributed by atoms with Crippen LogP contribution in [-0.4, -0.2) is 10.9 Å². The van der Waals surface area contributed by atoms with Crippen molar-refractivity contribution in [1.29, 1.82) is 0 Å². The van der Waals surface area contributed by atoms with Gasteiger partial charge in [0.1, 0.15) is 5.82 Å². The maximum Gasteiger partial charge on any atom is 0.256 e. The van der Waals surface area contributed by atoms with Gasteiger partial charge in [-0.15, -0.1) is 0 Å². The number of amides is 1. The van der Waals surface area contributed by atoms with Gasteiger partial charge in [0.2, 0.25) is 0 Å². The number of pyridine rings is 1. The molecule has 0 aliphatic carbocycles. The van der Waals surface area contributed by atoms with Crippen LogP contribution in [0.5, 0.6) is 0 Å². The molecule has 0 fully saturated rings. The minimum atomic E-state index is -0.535. The van der Waals surface area contributed by atoms with E-state index in [1.54, 1.807) is 42.5 Å². The zero-order chi connectivity index (χ0) is 20.5. The van der Waals surface area contributed by atoms with E-state index in [-0.39, 0.29) is 5.69 Å². The highest BCUT2D eigenvalue weighted by Crippen LogP contribution is 2.32. The number of para-hydroxylation sites is 1. The first-order valence-electron chi connectivity index (χ1n) is 8.54. The number of anilines is 1. The number of halogens is 4. The number of hydrogen-bond acceptors (Lipinski definition) is 2. The van der Waals surface area contributed by atoms with E-state index in [0.717, 1.165) is 0 Å². The van der Waals surface area contributed by atoms with Crippen molar-refractivity contribution in [3.05, 3.63) is 92.6 Å². The summed E-state index contributed by atoms with van der Waals surface area (Å²) < 4.78 is 14.8. The lowest BCUT2D eigenvalue weighted by molar-refractivity contribution is 0.102. The summed E-state index contributed by atoms with van der Waals surface area (Å²) in [5.41, 5.74) is 2.24. The van der Waals surface area contributed by atoms with Crippen LogP contribution < -0.4 is 5.32 Å². The highest BCUT2D eigenvalue weighted by Gasteiger charge is 2.17. The third-order valence-corrected chi connectivity index (χ3v) is 5.39. The van der Waals surface area contributed by atoms with Crippen LogP contribution in [0.1, 0.15) is 10.4 Å². The number of hydrogen-bond donors (Lipinski definition) is 1. The molecule has 0 unspecified atom stereocenters. The van der Waals surface area contributed by atoms with E-state index in [4.69, 9.17) is 23.2 Å². The van der Waals surface area contributed by atoms with Crippen LogP contribution in [0, 0.1) is 5.82 Å². The monoisotopic (exact) mass is 488 g/mol. The average molecular weight is 490 g/mol. The van der Waals surface area contributed by atoms with E-state index >= 15 is 0 Å². The fourth-order valence-electron chi connectivity index (χ4n) is 2.98. The van der Waals surface area contributed by atoms with Crippen LogP contribution in [0.25, 0.3) is 22.2 Å². The zero-order valence-corrected chi connectivity index (χ0v) is 17.8. The van der Waals surface area contributed by atoms with Crippen LogP contribution in [0.4, 0.5) is 10.1 Å². The quantitative estimate of drug-likeness (QED) is 0.326. The minimum absolute atomic E-state index is 0.0881. The number of rotatable bonds is 3. The molecule has 29 heavy (non-hydrogen) atoms. The number of aromatic nitrogens is 1. The fourth-order valence-corrected chi connectivity index (χ4v) is 3.82. The van der Waals surface area contributed by atoms with E-state index in [2.05, 4.69) is 26.2 Å². The summed E-state index contributed by atoms with van der Waals surface area (Å²) >= 11 is 15.5. The molecule has 3 nitrogen and oxygen atoms in total. The number of carbonyl (C=O) groups is 1. The molecular weight excluding hydrogens is 478 g/mol. The second-order valence-corrected chi connectivity index (χ2v) is 8.03. The van der Waals surface area contributed by atoms with Crippen molar-refractivity contribution in [1.82, 2.24) is 4.98 Å². The van der Waals surface area contributed by atoms with Crippen molar-refractivity contribution in [2.75, 3.05) is 5.32 Å². The third kappa shape index (κ3) is 4.13. The molecule has 1 heterocycles. The van der Waals surface area contributed by atoms with Crippen molar-refractivity contribution in [3.63, 3.8) is 0 Å². The summed E-state index contributed by atoms with van der Waals surface area (Å²) in [5, 5.41) is 4.21. The Balaban J connectivity index is 1.83. The number of nitrogens with one attached hydrogen (secondary N) is 1. The Morgan fingerprint density at radius 2 is 1.79 bits per heavy atom. The molecule has 0 bridgehead atoms. The number of fused-ring (bicyclic) bond motifs is 1. The lowest BCUT2D eigenvalue weighted by Gasteiger charge is -2.12. The Morgan fingerprint density at radius 3 is 2.55 bits per heavy atom. The van der Waals surface area contributed by atoms with Crippen LogP contribution in [-0.2, 0) is 0 Å². The topological polar surface area (TPSA) is 42.0 Å². The van der Waals surface area contributed by atoms with Gasteiger partial charge < -0.3 is 5.32 Å². The van der Waals surface area contributed by atoms with E-state index < -0.39 is 11.7 Å². The Hall–Kier alpha value is -2.47. The van der Waals surface area contributed by atoms with Crippen LogP contribution in [0.15, 0.2) is 71.2 Å². The van der Waals surface area contributed by atoms with Gasteiger partial charge in [-0.25, -0.2) is 9.37 Å². The SMILES string of the molecule is O=C(Nc1ccc(Br)cc1F)c1cc(-c2ccc(Cl)cc2Cl)nc2ccccc12. The van der Waals surface area contributed by atoms with Crippen LogP contribution in [0.2, 0.25) is 10.0 Å². The minimum Gasteiger partial charge on any atom is -0.319 e. The predicted octanol–water partition coefficient (Wildman–Crippen LogP) is 7.36. The summed E-state index contributed by atoms with van der Waals surface area (Å²) in [7, 11) is 0. The molecule has 1 aromatic heterocycles. The van der Waals surface area contributed by atoms with Crippen molar-refractivity contribution < 1.29 is 9.18 Å². The van der Waals surface area contributed by atoms with Gasteiger partial charge in [0.25, 0.3) is 5.91 Å². The first-order chi connectivity index (χ1) is 13.9. The molecule has 0 spiro atoms. The van der Waals surface area contributed by atoms with E-state index in [1.807, 2.05) is 12.1 Å². The Morgan fingerprint density at radius 1 is 1.00 bits per heavy atom. The molecule has 0 aliphatic heterocycles. The van der Waals surface area contributed by atoms with Gasteiger partial charge in [0.15, 0.2) is 0 Å². The lowest BCUT2D eigenvalue weighted by atomic mass is 10.0. The molecule has 0 saturated carbocycles. The largest absolute Gasteiger partial charge is 0.319 e. The fraction of sp³-hybridized carbons (Fsp3) is 0. The molecule has 0 radical (unpaired) electrons. The second-order valence-electron chi connectivity index (χ2n) is 6.27. The highest BCUT2D eigenvalue weighted by atomic mass is 79.9. The zero-order valence-electron chi connectivity index (χ0n) is 14.7. The van der Waals surface area contributed by atoms with E-state index in [0.29, 0.717) is 42.2 Å². The van der Waals surface area contributed by atoms with Crippen LogP contribution in [0.3, 0.4) is 0 Å². The van der Waals surface area contributed by atoms with Gasteiger partial charge in [0, 0.05) is 20.4 Å². The van der Waals surface area contributed by atoms with E-state index in [9.17, 15) is 9.18 Å². The average Bonchev–Trinajstić information content (AvgIpc) is 2.69. The Labute approximate surface area is 184 Å². The first kappa shape index (κ1) is 19.8. The summed E-state index contributed by atoms with van der Waals surface area (Å²) in [6.07, 6.45) is 0. The van der Waals surface area contributed by atoms with Gasteiger partial charge >= 0.3 is 0 Å². The summed E-state index contributed by atoms with van der Waals surface area (Å²) in [6, 6.07) is 18.4. The van der Waals surface area contributed by atoms with Gasteiger partial charge in [-0.3, -0.25) is 4.79 Å². The summed E-state index contributed by atoms with van der Waals surface area (Å²) in [5.74, 6) is -0.983. The standard InChI is InChI=1S/C22H12BrCl2FN2O/c23-12-5-8-20(18(26)9-12)28-22(29)16-11-21(15-7-6-13(24)10-17(15)25)27-19-4-2-1-3-14(16)19/h1-11H,(H,28,29). The molecule has 7 heteroatoms. The van der Waals surface area contributed by atoms with Gasteiger partial charge in [-0.2, -0.15) is 0 Å². The molecule has 4 rings (SSSR count).